The minimum Gasteiger partial charge on any atom is -0.356 e. The average Bonchev–Trinajstić information content (AvgIpc) is 3.01. The van der Waals surface area contributed by atoms with E-state index in [1.54, 1.807) is 0 Å². The number of hydrogen-bond donors (Lipinski definition) is 1. The lowest BCUT2D eigenvalue weighted by Crippen LogP contribution is -2.46. The highest BCUT2D eigenvalue weighted by Crippen LogP contribution is 2.21. The van der Waals surface area contributed by atoms with Crippen molar-refractivity contribution in [2.75, 3.05) is 36.4 Å². The number of nitrogens with zero attached hydrogens (tertiary/aromatic N) is 4. The van der Waals surface area contributed by atoms with E-state index in [1.807, 2.05) is 6.20 Å². The fourth-order valence-electron chi connectivity index (χ4n) is 4.65. The number of unbranched alkanes of at least 4 members (excludes halogenated alkanes) is 3. The zero-order valence-corrected chi connectivity index (χ0v) is 18.2. The van der Waals surface area contributed by atoms with E-state index in [0.717, 1.165) is 31.4 Å². The van der Waals surface area contributed by atoms with Gasteiger partial charge in [0.05, 0.1) is 0 Å². The van der Waals surface area contributed by atoms with Crippen molar-refractivity contribution >= 4 is 11.8 Å². The van der Waals surface area contributed by atoms with Crippen molar-refractivity contribution < 1.29 is 0 Å². The SMILES string of the molecule is CCCCCCC(C)N1CCCC(Nc2nccc(N3CCCCCC3)n2)C1. The predicted octanol–water partition coefficient (Wildman–Crippen LogP) is 5.09. The van der Waals surface area contributed by atoms with Crippen molar-refractivity contribution in [1.29, 1.82) is 0 Å². The van der Waals surface area contributed by atoms with Crippen LogP contribution in [0, 0.1) is 0 Å². The standard InChI is InChI=1S/C23H41N5/c1-3-4-5-8-12-20(2)28-18-11-13-21(19-28)25-23-24-15-14-22(26-23)27-16-9-6-7-10-17-27/h14-15,20-21H,3-13,16-19H2,1-2H3,(H,24,25,26). The molecular weight excluding hydrogens is 346 g/mol. The molecule has 0 bridgehead atoms. The Bertz CT molecular complexity index is 556. The first-order valence-corrected chi connectivity index (χ1v) is 11.8. The summed E-state index contributed by atoms with van der Waals surface area (Å²) in [5, 5.41) is 3.65. The molecule has 0 aliphatic carbocycles. The van der Waals surface area contributed by atoms with Gasteiger partial charge in [-0.25, -0.2) is 4.98 Å². The van der Waals surface area contributed by atoms with Crippen LogP contribution in [0.15, 0.2) is 12.3 Å². The van der Waals surface area contributed by atoms with E-state index in [0.29, 0.717) is 12.1 Å². The van der Waals surface area contributed by atoms with Gasteiger partial charge >= 0.3 is 0 Å². The number of likely N-dealkylation sites (tertiary alicyclic amines) is 1. The molecule has 0 amide bonds. The third kappa shape index (κ3) is 6.61. The molecule has 2 unspecified atom stereocenters. The van der Waals surface area contributed by atoms with Crippen LogP contribution < -0.4 is 10.2 Å². The molecule has 3 rings (SSSR count). The van der Waals surface area contributed by atoms with Crippen LogP contribution >= 0.6 is 0 Å². The van der Waals surface area contributed by atoms with Gasteiger partial charge in [0.2, 0.25) is 5.95 Å². The van der Waals surface area contributed by atoms with Crippen molar-refractivity contribution in [2.45, 2.75) is 96.6 Å². The van der Waals surface area contributed by atoms with Gasteiger partial charge in [0.15, 0.2) is 0 Å². The highest BCUT2D eigenvalue weighted by Gasteiger charge is 2.24. The molecule has 1 aromatic heterocycles. The van der Waals surface area contributed by atoms with E-state index in [2.05, 4.69) is 40.0 Å². The molecule has 2 aliphatic heterocycles. The van der Waals surface area contributed by atoms with Crippen LogP contribution in [0.1, 0.15) is 84.5 Å². The lowest BCUT2D eigenvalue weighted by Gasteiger charge is -2.37. The molecule has 0 saturated carbocycles. The Morgan fingerprint density at radius 3 is 2.68 bits per heavy atom. The summed E-state index contributed by atoms with van der Waals surface area (Å²) in [6, 6.07) is 3.22. The van der Waals surface area contributed by atoms with Gasteiger partial charge in [0.25, 0.3) is 0 Å². The quantitative estimate of drug-likeness (QED) is 0.598. The fraction of sp³-hybridized carbons (Fsp3) is 0.826. The van der Waals surface area contributed by atoms with Crippen molar-refractivity contribution in [3.63, 3.8) is 0 Å². The molecule has 0 spiro atoms. The van der Waals surface area contributed by atoms with E-state index in [9.17, 15) is 0 Å². The van der Waals surface area contributed by atoms with Gasteiger partial charge in [-0.3, -0.25) is 4.90 Å². The molecule has 1 aromatic rings. The van der Waals surface area contributed by atoms with Gasteiger partial charge in [0.1, 0.15) is 5.82 Å². The zero-order valence-electron chi connectivity index (χ0n) is 18.2. The Hall–Kier alpha value is -1.36. The average molecular weight is 388 g/mol. The summed E-state index contributed by atoms with van der Waals surface area (Å²) in [4.78, 5) is 14.5. The van der Waals surface area contributed by atoms with E-state index in [4.69, 9.17) is 4.98 Å². The van der Waals surface area contributed by atoms with Crippen LogP contribution in [0.5, 0.6) is 0 Å². The zero-order chi connectivity index (χ0) is 19.6. The number of anilines is 2. The van der Waals surface area contributed by atoms with Gasteiger partial charge in [-0.05, 0) is 51.6 Å². The maximum absolute atomic E-state index is 4.86. The first-order valence-electron chi connectivity index (χ1n) is 11.8. The van der Waals surface area contributed by atoms with Crippen molar-refractivity contribution in [2.24, 2.45) is 0 Å². The van der Waals surface area contributed by atoms with Gasteiger partial charge in [-0.1, -0.05) is 45.4 Å². The van der Waals surface area contributed by atoms with Crippen LogP contribution in [-0.2, 0) is 0 Å². The minimum absolute atomic E-state index is 0.464. The monoisotopic (exact) mass is 387 g/mol. The van der Waals surface area contributed by atoms with E-state index < -0.39 is 0 Å². The minimum atomic E-state index is 0.464. The lowest BCUT2D eigenvalue weighted by atomic mass is 10.0. The van der Waals surface area contributed by atoms with E-state index >= 15 is 0 Å². The maximum Gasteiger partial charge on any atom is 0.224 e. The summed E-state index contributed by atoms with van der Waals surface area (Å²) in [7, 11) is 0. The van der Waals surface area contributed by atoms with Crippen LogP contribution in [0.25, 0.3) is 0 Å². The Morgan fingerprint density at radius 1 is 1.07 bits per heavy atom. The summed E-state index contributed by atoms with van der Waals surface area (Å²) < 4.78 is 0. The molecular formula is C23H41N5. The largest absolute Gasteiger partial charge is 0.356 e. The Morgan fingerprint density at radius 2 is 1.89 bits per heavy atom. The summed E-state index contributed by atoms with van der Waals surface area (Å²) >= 11 is 0. The van der Waals surface area contributed by atoms with Crippen LogP contribution in [0.2, 0.25) is 0 Å². The highest BCUT2D eigenvalue weighted by molar-refractivity contribution is 5.43. The van der Waals surface area contributed by atoms with Crippen LogP contribution in [-0.4, -0.2) is 53.1 Å². The first kappa shape index (κ1) is 21.4. The number of rotatable bonds is 9. The Balaban J connectivity index is 1.51. The third-order valence-electron chi connectivity index (χ3n) is 6.46. The number of nitrogens with one attached hydrogen (secondary N) is 1. The summed E-state index contributed by atoms with van der Waals surface area (Å²) in [6.07, 6.45) is 16.4. The van der Waals surface area contributed by atoms with Crippen molar-refractivity contribution in [1.82, 2.24) is 14.9 Å². The maximum atomic E-state index is 4.86. The Labute approximate surface area is 172 Å². The van der Waals surface area contributed by atoms with Gasteiger partial charge < -0.3 is 10.2 Å². The van der Waals surface area contributed by atoms with Gasteiger partial charge in [-0.15, -0.1) is 0 Å². The smallest absolute Gasteiger partial charge is 0.224 e. The van der Waals surface area contributed by atoms with Gasteiger partial charge in [0, 0.05) is 37.9 Å². The van der Waals surface area contributed by atoms with Crippen LogP contribution in [0.3, 0.4) is 0 Å². The first-order chi connectivity index (χ1) is 13.8. The molecule has 0 aromatic carbocycles. The van der Waals surface area contributed by atoms with Gasteiger partial charge in [-0.2, -0.15) is 4.98 Å². The second-order valence-electron chi connectivity index (χ2n) is 8.82. The molecule has 2 fully saturated rings. The Kier molecular flexibility index (Phi) is 8.84. The molecule has 2 atom stereocenters. The lowest BCUT2D eigenvalue weighted by molar-refractivity contribution is 0.155. The number of hydrogen-bond acceptors (Lipinski definition) is 5. The molecule has 1 N–H and O–H groups in total. The molecule has 3 heterocycles. The topological polar surface area (TPSA) is 44.3 Å². The molecule has 28 heavy (non-hydrogen) atoms. The fourth-order valence-corrected chi connectivity index (χ4v) is 4.65. The number of aromatic nitrogens is 2. The van der Waals surface area contributed by atoms with Crippen molar-refractivity contribution in [3.05, 3.63) is 12.3 Å². The van der Waals surface area contributed by atoms with E-state index in [1.165, 1.54) is 77.2 Å². The van der Waals surface area contributed by atoms with E-state index in [-0.39, 0.29) is 0 Å². The third-order valence-corrected chi connectivity index (χ3v) is 6.46. The second kappa shape index (κ2) is 11.6. The normalized spacial score (nSPS) is 22.6. The molecule has 2 saturated heterocycles. The second-order valence-corrected chi connectivity index (χ2v) is 8.82. The highest BCUT2D eigenvalue weighted by atomic mass is 15.2. The molecule has 0 radical (unpaired) electrons. The molecule has 2 aliphatic rings. The van der Waals surface area contributed by atoms with Crippen LogP contribution in [0.4, 0.5) is 11.8 Å². The summed E-state index contributed by atoms with van der Waals surface area (Å²) in [6.45, 7) is 9.31. The predicted molar refractivity (Wildman–Crippen MR) is 119 cm³/mol. The van der Waals surface area contributed by atoms with Crippen molar-refractivity contribution in [3.8, 4) is 0 Å². The molecule has 5 heteroatoms. The number of piperidine rings is 1. The molecule has 158 valence electrons. The summed E-state index contributed by atoms with van der Waals surface area (Å²) in [5.41, 5.74) is 0. The molecule has 5 nitrogen and oxygen atoms in total. The summed E-state index contributed by atoms with van der Waals surface area (Å²) in [5.74, 6) is 1.90.